The number of nitrogens with one attached hydrogen (secondary N) is 1. The van der Waals surface area contributed by atoms with Crippen LogP contribution in [0.15, 0.2) is 27.8 Å². The molecule has 0 radical (unpaired) electrons. The molecular formula is C22H32N4O5. The van der Waals surface area contributed by atoms with Gasteiger partial charge < -0.3 is 20.1 Å². The second kappa shape index (κ2) is 11.2. The molecule has 0 saturated heterocycles. The van der Waals surface area contributed by atoms with E-state index in [0.29, 0.717) is 37.4 Å². The first-order valence-electron chi connectivity index (χ1n) is 10.5. The van der Waals surface area contributed by atoms with Crippen molar-refractivity contribution < 1.29 is 14.3 Å². The smallest absolute Gasteiger partial charge is 0.330 e. The molecule has 31 heavy (non-hydrogen) atoms. The molecule has 1 aromatic carbocycles. The summed E-state index contributed by atoms with van der Waals surface area (Å²) >= 11 is 0. The number of nitrogens with two attached hydrogens (primary N) is 1. The summed E-state index contributed by atoms with van der Waals surface area (Å²) in [4.78, 5) is 41.6. The number of amides is 1. The van der Waals surface area contributed by atoms with E-state index in [1.807, 2.05) is 26.0 Å². The van der Waals surface area contributed by atoms with Gasteiger partial charge in [0.05, 0.1) is 14.2 Å². The second-order valence-electron chi connectivity index (χ2n) is 7.26. The van der Waals surface area contributed by atoms with Crippen LogP contribution in [0.1, 0.15) is 45.1 Å². The van der Waals surface area contributed by atoms with Crippen molar-refractivity contribution in [2.45, 2.75) is 52.5 Å². The van der Waals surface area contributed by atoms with E-state index in [1.54, 1.807) is 20.3 Å². The zero-order valence-corrected chi connectivity index (χ0v) is 18.7. The van der Waals surface area contributed by atoms with Crippen molar-refractivity contribution >= 4 is 17.4 Å². The van der Waals surface area contributed by atoms with Crippen molar-refractivity contribution in [1.29, 1.82) is 0 Å². The fraction of sp³-hybridized carbons (Fsp3) is 0.500. The van der Waals surface area contributed by atoms with Crippen LogP contribution in [0.25, 0.3) is 0 Å². The number of ether oxygens (including phenoxy) is 2. The number of rotatable bonds is 11. The number of nitrogen functional groups attached to an aromatic ring is 1. The van der Waals surface area contributed by atoms with Crippen molar-refractivity contribution in [3.05, 3.63) is 44.6 Å². The minimum atomic E-state index is -0.653. The van der Waals surface area contributed by atoms with E-state index in [4.69, 9.17) is 15.2 Å². The number of aromatic amines is 1. The van der Waals surface area contributed by atoms with Gasteiger partial charge in [0.15, 0.2) is 5.69 Å². The van der Waals surface area contributed by atoms with E-state index >= 15 is 0 Å². The molecule has 0 aliphatic carbocycles. The van der Waals surface area contributed by atoms with Crippen LogP contribution in [-0.2, 0) is 17.8 Å². The summed E-state index contributed by atoms with van der Waals surface area (Å²) in [6.45, 7) is 4.60. The number of nitrogens with zero attached hydrogens (tertiary/aromatic N) is 2. The maximum absolute atomic E-state index is 13.1. The number of carbonyl (C=O) groups is 1. The van der Waals surface area contributed by atoms with Crippen molar-refractivity contribution in [3.8, 4) is 11.5 Å². The summed E-state index contributed by atoms with van der Waals surface area (Å²) in [6.07, 6.45) is 2.81. The molecule has 0 aliphatic heterocycles. The molecule has 9 nitrogen and oxygen atoms in total. The lowest BCUT2D eigenvalue weighted by atomic mass is 10.1. The lowest BCUT2D eigenvalue weighted by Gasteiger charge is -2.24. The Labute approximate surface area is 181 Å². The van der Waals surface area contributed by atoms with Gasteiger partial charge in [-0.25, -0.2) is 4.79 Å². The molecule has 0 atom stereocenters. The molecule has 0 unspecified atom stereocenters. The van der Waals surface area contributed by atoms with E-state index in [0.717, 1.165) is 18.4 Å². The van der Waals surface area contributed by atoms with Crippen LogP contribution in [-0.4, -0.2) is 36.2 Å². The average Bonchev–Trinajstić information content (AvgIpc) is 2.76. The summed E-state index contributed by atoms with van der Waals surface area (Å²) in [6, 6.07) is 5.44. The Morgan fingerprint density at radius 2 is 1.74 bits per heavy atom. The Kier molecular flexibility index (Phi) is 8.72. The molecule has 0 saturated carbocycles. The number of aryl methyl sites for hydroxylation is 1. The van der Waals surface area contributed by atoms with Crippen LogP contribution in [0.3, 0.4) is 0 Å². The highest BCUT2D eigenvalue weighted by atomic mass is 16.5. The van der Waals surface area contributed by atoms with Gasteiger partial charge in [-0.1, -0.05) is 20.3 Å². The summed E-state index contributed by atoms with van der Waals surface area (Å²) in [5.74, 6) is 1.04. The molecule has 9 heteroatoms. The molecular weight excluding hydrogens is 400 g/mol. The minimum absolute atomic E-state index is 0.0204. The van der Waals surface area contributed by atoms with Gasteiger partial charge in [-0.2, -0.15) is 0 Å². The first-order chi connectivity index (χ1) is 14.9. The molecule has 0 spiro atoms. The topological polar surface area (TPSA) is 120 Å². The SMILES string of the molecule is CCCCn1c(N)c(N(CCC)C(=O)CCc2cc(OC)cc(OC)c2)c(=O)[nH]c1=O. The van der Waals surface area contributed by atoms with Gasteiger partial charge in [0.2, 0.25) is 5.91 Å². The summed E-state index contributed by atoms with van der Waals surface area (Å²) in [5.41, 5.74) is 5.88. The van der Waals surface area contributed by atoms with Gasteiger partial charge in [-0.05, 0) is 37.0 Å². The van der Waals surface area contributed by atoms with E-state index in [-0.39, 0.29) is 23.8 Å². The number of methoxy groups -OCH3 is 2. The van der Waals surface area contributed by atoms with Crippen LogP contribution >= 0.6 is 0 Å². The normalized spacial score (nSPS) is 10.7. The van der Waals surface area contributed by atoms with E-state index < -0.39 is 11.2 Å². The van der Waals surface area contributed by atoms with Gasteiger partial charge in [-0.15, -0.1) is 0 Å². The number of aromatic nitrogens is 2. The molecule has 0 bridgehead atoms. The predicted molar refractivity (Wildman–Crippen MR) is 121 cm³/mol. The van der Waals surface area contributed by atoms with Crippen LogP contribution in [0.4, 0.5) is 11.5 Å². The van der Waals surface area contributed by atoms with E-state index in [9.17, 15) is 14.4 Å². The summed E-state index contributed by atoms with van der Waals surface area (Å²) in [7, 11) is 3.13. The van der Waals surface area contributed by atoms with Crippen LogP contribution < -0.4 is 31.4 Å². The number of carbonyl (C=O) groups excluding carboxylic acids is 1. The maximum Gasteiger partial charge on any atom is 0.330 e. The Bertz CT molecular complexity index is 990. The molecule has 0 aliphatic rings. The third kappa shape index (κ3) is 5.90. The largest absolute Gasteiger partial charge is 0.497 e. The molecule has 1 amide bonds. The third-order valence-electron chi connectivity index (χ3n) is 5.01. The summed E-state index contributed by atoms with van der Waals surface area (Å²) in [5, 5.41) is 0. The van der Waals surface area contributed by atoms with E-state index in [2.05, 4.69) is 4.98 Å². The molecule has 1 heterocycles. The fourth-order valence-corrected chi connectivity index (χ4v) is 3.36. The highest BCUT2D eigenvalue weighted by Gasteiger charge is 2.23. The number of benzene rings is 1. The fourth-order valence-electron chi connectivity index (χ4n) is 3.36. The molecule has 3 N–H and O–H groups in total. The molecule has 2 rings (SSSR count). The van der Waals surface area contributed by atoms with Crippen LogP contribution in [0.2, 0.25) is 0 Å². The van der Waals surface area contributed by atoms with Crippen LogP contribution in [0, 0.1) is 0 Å². The van der Waals surface area contributed by atoms with Gasteiger partial charge >= 0.3 is 5.69 Å². The second-order valence-corrected chi connectivity index (χ2v) is 7.26. The van der Waals surface area contributed by atoms with Crippen molar-refractivity contribution in [3.63, 3.8) is 0 Å². The van der Waals surface area contributed by atoms with Crippen molar-refractivity contribution in [2.75, 3.05) is 31.4 Å². The first kappa shape index (κ1) is 24.0. The standard InChI is InChI=1S/C22H32N4O5/c1-5-7-11-26-20(23)19(21(28)24-22(26)29)25(10-6-2)18(27)9-8-15-12-16(30-3)14-17(13-15)31-4/h12-14H,5-11,23H2,1-4H3,(H,24,28,29). The Balaban J connectivity index is 2.33. The Morgan fingerprint density at radius 3 is 2.29 bits per heavy atom. The lowest BCUT2D eigenvalue weighted by molar-refractivity contribution is -0.118. The number of hydrogen-bond acceptors (Lipinski definition) is 6. The number of H-pyrrole nitrogens is 1. The molecule has 0 fully saturated rings. The third-order valence-corrected chi connectivity index (χ3v) is 5.01. The highest BCUT2D eigenvalue weighted by Crippen LogP contribution is 2.24. The number of hydrogen-bond donors (Lipinski definition) is 2. The number of unbranched alkanes of at least 4 members (excludes halogenated alkanes) is 1. The monoisotopic (exact) mass is 432 g/mol. The Morgan fingerprint density at radius 1 is 1.10 bits per heavy atom. The predicted octanol–water partition coefficient (Wildman–Crippen LogP) is 2.31. The van der Waals surface area contributed by atoms with Crippen molar-refractivity contribution in [2.24, 2.45) is 0 Å². The quantitative estimate of drug-likeness (QED) is 0.562. The summed E-state index contributed by atoms with van der Waals surface area (Å²) < 4.78 is 11.9. The molecule has 2 aromatic rings. The van der Waals surface area contributed by atoms with Crippen LogP contribution in [0.5, 0.6) is 11.5 Å². The van der Waals surface area contributed by atoms with Crippen molar-refractivity contribution in [1.82, 2.24) is 9.55 Å². The van der Waals surface area contributed by atoms with Gasteiger partial charge in [0.1, 0.15) is 17.3 Å². The molecule has 1 aromatic heterocycles. The van der Waals surface area contributed by atoms with Gasteiger partial charge in [0.25, 0.3) is 5.56 Å². The lowest BCUT2D eigenvalue weighted by Crippen LogP contribution is -2.41. The maximum atomic E-state index is 13.1. The highest BCUT2D eigenvalue weighted by molar-refractivity contribution is 5.95. The molecule has 170 valence electrons. The van der Waals surface area contributed by atoms with E-state index in [1.165, 1.54) is 9.47 Å². The Hall–Kier alpha value is -3.23. The first-order valence-corrected chi connectivity index (χ1v) is 10.5. The zero-order valence-electron chi connectivity index (χ0n) is 18.7. The number of anilines is 2. The van der Waals surface area contributed by atoms with Gasteiger partial charge in [-0.3, -0.25) is 19.1 Å². The average molecular weight is 433 g/mol. The zero-order chi connectivity index (χ0) is 23.0. The van der Waals surface area contributed by atoms with Gasteiger partial charge in [0, 0.05) is 25.6 Å². The minimum Gasteiger partial charge on any atom is -0.497 e.